The van der Waals surface area contributed by atoms with E-state index in [4.69, 9.17) is 5.11 Å². The minimum Gasteiger partial charge on any atom is -0.478 e. The summed E-state index contributed by atoms with van der Waals surface area (Å²) in [6, 6.07) is 0. The van der Waals surface area contributed by atoms with E-state index >= 15 is 0 Å². The SMILES string of the molecule is Cc1nn(Cc2c(C(=O)O)cnn2C)c(C)c1C. The van der Waals surface area contributed by atoms with Crippen molar-refractivity contribution in [1.29, 1.82) is 0 Å². The first kappa shape index (κ1) is 12.3. The maximum Gasteiger partial charge on any atom is 0.339 e. The van der Waals surface area contributed by atoms with Crippen LogP contribution in [0.15, 0.2) is 6.20 Å². The van der Waals surface area contributed by atoms with Crippen molar-refractivity contribution in [2.24, 2.45) is 7.05 Å². The number of hydrogen-bond donors (Lipinski definition) is 1. The van der Waals surface area contributed by atoms with E-state index in [1.165, 1.54) is 6.20 Å². The van der Waals surface area contributed by atoms with E-state index in [0.29, 0.717) is 12.2 Å². The fourth-order valence-electron chi connectivity index (χ4n) is 1.91. The van der Waals surface area contributed by atoms with E-state index in [2.05, 4.69) is 10.2 Å². The van der Waals surface area contributed by atoms with Crippen molar-refractivity contribution in [3.8, 4) is 0 Å². The van der Waals surface area contributed by atoms with Crippen LogP contribution in [0, 0.1) is 20.8 Å². The van der Waals surface area contributed by atoms with Crippen LogP contribution >= 0.6 is 0 Å². The molecule has 0 saturated carbocycles. The van der Waals surface area contributed by atoms with Gasteiger partial charge in [0.2, 0.25) is 0 Å². The lowest BCUT2D eigenvalue weighted by molar-refractivity contribution is 0.0695. The van der Waals surface area contributed by atoms with E-state index in [1.807, 2.05) is 25.5 Å². The summed E-state index contributed by atoms with van der Waals surface area (Å²) in [5.41, 5.74) is 4.02. The Kier molecular flexibility index (Phi) is 2.94. The third kappa shape index (κ3) is 1.90. The van der Waals surface area contributed by atoms with E-state index in [1.54, 1.807) is 11.7 Å². The molecule has 0 unspecified atom stereocenters. The maximum absolute atomic E-state index is 11.1. The van der Waals surface area contributed by atoms with Gasteiger partial charge in [-0.1, -0.05) is 0 Å². The fraction of sp³-hybridized carbons (Fsp3) is 0.417. The Bertz CT molecular complexity index is 610. The summed E-state index contributed by atoms with van der Waals surface area (Å²) in [7, 11) is 1.74. The van der Waals surface area contributed by atoms with E-state index in [0.717, 1.165) is 17.0 Å². The Labute approximate surface area is 105 Å². The van der Waals surface area contributed by atoms with Crippen LogP contribution in [-0.2, 0) is 13.6 Å². The van der Waals surface area contributed by atoms with Gasteiger partial charge in [-0.05, 0) is 26.3 Å². The second-order valence-electron chi connectivity index (χ2n) is 4.39. The van der Waals surface area contributed by atoms with Gasteiger partial charge in [-0.2, -0.15) is 10.2 Å². The molecule has 0 aliphatic rings. The average Bonchev–Trinajstić information content (AvgIpc) is 2.77. The third-order valence-corrected chi connectivity index (χ3v) is 3.33. The van der Waals surface area contributed by atoms with Crippen molar-refractivity contribution >= 4 is 5.97 Å². The molecular weight excluding hydrogens is 232 g/mol. The molecule has 0 aliphatic carbocycles. The molecular formula is C12H16N4O2. The Morgan fingerprint density at radius 1 is 1.39 bits per heavy atom. The highest BCUT2D eigenvalue weighted by atomic mass is 16.4. The molecule has 0 aromatic carbocycles. The molecule has 0 saturated heterocycles. The molecule has 2 heterocycles. The van der Waals surface area contributed by atoms with Crippen LogP contribution in [0.3, 0.4) is 0 Å². The predicted molar refractivity (Wildman–Crippen MR) is 65.7 cm³/mol. The van der Waals surface area contributed by atoms with Gasteiger partial charge in [-0.3, -0.25) is 9.36 Å². The number of aromatic carboxylic acids is 1. The lowest BCUT2D eigenvalue weighted by Gasteiger charge is -2.06. The smallest absolute Gasteiger partial charge is 0.339 e. The zero-order chi connectivity index (χ0) is 13.4. The fourth-order valence-corrected chi connectivity index (χ4v) is 1.91. The maximum atomic E-state index is 11.1. The van der Waals surface area contributed by atoms with E-state index in [-0.39, 0.29) is 5.56 Å². The van der Waals surface area contributed by atoms with Crippen LogP contribution in [-0.4, -0.2) is 30.6 Å². The van der Waals surface area contributed by atoms with Crippen molar-refractivity contribution in [3.63, 3.8) is 0 Å². The monoisotopic (exact) mass is 248 g/mol. The van der Waals surface area contributed by atoms with Crippen LogP contribution < -0.4 is 0 Å². The number of carboxylic acid groups (broad SMARTS) is 1. The van der Waals surface area contributed by atoms with Crippen molar-refractivity contribution in [3.05, 3.63) is 34.4 Å². The summed E-state index contributed by atoms with van der Waals surface area (Å²) in [4.78, 5) is 11.1. The van der Waals surface area contributed by atoms with Gasteiger partial charge in [0, 0.05) is 12.7 Å². The Hall–Kier alpha value is -2.11. The Morgan fingerprint density at radius 2 is 2.06 bits per heavy atom. The molecule has 2 aromatic heterocycles. The third-order valence-electron chi connectivity index (χ3n) is 3.33. The second kappa shape index (κ2) is 4.29. The van der Waals surface area contributed by atoms with Crippen molar-refractivity contribution in [1.82, 2.24) is 19.6 Å². The molecule has 0 aliphatic heterocycles. The van der Waals surface area contributed by atoms with Gasteiger partial charge in [0.15, 0.2) is 0 Å². The standard InChI is InChI=1S/C12H16N4O2/c1-7-8(2)14-16(9(7)3)6-11-10(12(17)18)5-13-15(11)4/h5H,6H2,1-4H3,(H,17,18). The normalized spacial score (nSPS) is 10.9. The second-order valence-corrected chi connectivity index (χ2v) is 4.39. The summed E-state index contributed by atoms with van der Waals surface area (Å²) >= 11 is 0. The molecule has 2 rings (SSSR count). The van der Waals surface area contributed by atoms with E-state index in [9.17, 15) is 4.79 Å². The lowest BCUT2D eigenvalue weighted by atomic mass is 10.2. The van der Waals surface area contributed by atoms with Gasteiger partial charge in [0.25, 0.3) is 0 Å². The van der Waals surface area contributed by atoms with Gasteiger partial charge >= 0.3 is 5.97 Å². The molecule has 96 valence electrons. The molecule has 1 N–H and O–H groups in total. The molecule has 0 spiro atoms. The van der Waals surface area contributed by atoms with E-state index < -0.39 is 5.97 Å². The summed E-state index contributed by atoms with van der Waals surface area (Å²) in [5.74, 6) is -0.962. The molecule has 6 heteroatoms. The number of nitrogens with zero attached hydrogens (tertiary/aromatic N) is 4. The molecule has 18 heavy (non-hydrogen) atoms. The first-order chi connectivity index (χ1) is 8.41. The number of carboxylic acids is 1. The molecule has 0 atom stereocenters. The summed E-state index contributed by atoms with van der Waals surface area (Å²) in [6.07, 6.45) is 1.37. The molecule has 2 aromatic rings. The number of carbonyl (C=O) groups is 1. The number of aryl methyl sites for hydroxylation is 2. The zero-order valence-electron chi connectivity index (χ0n) is 10.9. The van der Waals surface area contributed by atoms with Gasteiger partial charge < -0.3 is 5.11 Å². The van der Waals surface area contributed by atoms with Crippen molar-refractivity contribution < 1.29 is 9.90 Å². The molecule has 0 bridgehead atoms. The molecule has 6 nitrogen and oxygen atoms in total. The molecule has 0 radical (unpaired) electrons. The first-order valence-electron chi connectivity index (χ1n) is 5.66. The molecule has 0 fully saturated rings. The van der Waals surface area contributed by atoms with Crippen molar-refractivity contribution in [2.45, 2.75) is 27.3 Å². The number of aromatic nitrogens is 4. The van der Waals surface area contributed by atoms with Crippen LogP contribution in [0.5, 0.6) is 0 Å². The highest BCUT2D eigenvalue weighted by Crippen LogP contribution is 2.15. The van der Waals surface area contributed by atoms with Crippen molar-refractivity contribution in [2.75, 3.05) is 0 Å². The van der Waals surface area contributed by atoms with Crippen LogP contribution in [0.1, 0.15) is 33.0 Å². The van der Waals surface area contributed by atoms with Crippen LogP contribution in [0.25, 0.3) is 0 Å². The van der Waals surface area contributed by atoms with Crippen LogP contribution in [0.4, 0.5) is 0 Å². The topological polar surface area (TPSA) is 72.9 Å². The minimum atomic E-state index is -0.962. The zero-order valence-corrected chi connectivity index (χ0v) is 10.9. The number of rotatable bonds is 3. The van der Waals surface area contributed by atoms with Crippen LogP contribution in [0.2, 0.25) is 0 Å². The van der Waals surface area contributed by atoms with Gasteiger partial charge in [0.1, 0.15) is 5.56 Å². The van der Waals surface area contributed by atoms with Gasteiger partial charge in [-0.15, -0.1) is 0 Å². The Morgan fingerprint density at radius 3 is 2.56 bits per heavy atom. The highest BCUT2D eigenvalue weighted by molar-refractivity contribution is 5.88. The number of hydrogen-bond acceptors (Lipinski definition) is 3. The summed E-state index contributed by atoms with van der Waals surface area (Å²) < 4.78 is 3.39. The highest BCUT2D eigenvalue weighted by Gasteiger charge is 2.17. The lowest BCUT2D eigenvalue weighted by Crippen LogP contribution is -2.12. The summed E-state index contributed by atoms with van der Waals surface area (Å²) in [6.45, 7) is 6.35. The molecule has 0 amide bonds. The van der Waals surface area contributed by atoms with Gasteiger partial charge in [-0.25, -0.2) is 4.79 Å². The Balaban J connectivity index is 2.43. The minimum absolute atomic E-state index is 0.225. The average molecular weight is 248 g/mol. The first-order valence-corrected chi connectivity index (χ1v) is 5.66. The quantitative estimate of drug-likeness (QED) is 0.888. The van der Waals surface area contributed by atoms with Gasteiger partial charge in [0.05, 0.1) is 24.1 Å². The summed E-state index contributed by atoms with van der Waals surface area (Å²) in [5, 5.41) is 17.5. The largest absolute Gasteiger partial charge is 0.478 e. The predicted octanol–water partition coefficient (Wildman–Crippen LogP) is 1.29.